The van der Waals surface area contributed by atoms with Crippen LogP contribution in [0, 0.1) is 22.2 Å². The SMILES string of the molecule is CC1(C(=O)N2CCCCC3(CCN(c4cncc(C#N)n4)C3)C2)CCC1. The van der Waals surface area contributed by atoms with E-state index < -0.39 is 0 Å². The summed E-state index contributed by atoms with van der Waals surface area (Å²) in [4.78, 5) is 26.1. The van der Waals surface area contributed by atoms with Gasteiger partial charge in [0.15, 0.2) is 5.69 Å². The molecular weight excluding hydrogens is 326 g/mol. The Kier molecular flexibility index (Phi) is 4.34. The maximum Gasteiger partial charge on any atom is 0.228 e. The van der Waals surface area contributed by atoms with E-state index in [-0.39, 0.29) is 10.8 Å². The van der Waals surface area contributed by atoms with Crippen molar-refractivity contribution in [1.82, 2.24) is 14.9 Å². The van der Waals surface area contributed by atoms with Crippen molar-refractivity contribution in [2.45, 2.75) is 51.9 Å². The van der Waals surface area contributed by atoms with E-state index in [0.717, 1.165) is 64.1 Å². The van der Waals surface area contributed by atoms with E-state index in [9.17, 15) is 4.79 Å². The number of carbonyl (C=O) groups excluding carboxylic acids is 1. The van der Waals surface area contributed by atoms with Gasteiger partial charge in [0, 0.05) is 37.0 Å². The number of anilines is 1. The van der Waals surface area contributed by atoms with Crippen molar-refractivity contribution in [1.29, 1.82) is 5.26 Å². The largest absolute Gasteiger partial charge is 0.355 e. The minimum Gasteiger partial charge on any atom is -0.355 e. The molecule has 0 bridgehead atoms. The smallest absolute Gasteiger partial charge is 0.228 e. The number of rotatable bonds is 2. The molecule has 0 aromatic carbocycles. The van der Waals surface area contributed by atoms with Gasteiger partial charge in [0.05, 0.1) is 12.4 Å². The second-order valence-electron chi connectivity index (χ2n) is 8.64. The third-order valence-corrected chi connectivity index (χ3v) is 6.67. The van der Waals surface area contributed by atoms with Crippen LogP contribution in [0.4, 0.5) is 5.82 Å². The lowest BCUT2D eigenvalue weighted by Gasteiger charge is -2.42. The van der Waals surface area contributed by atoms with Crippen LogP contribution in [0.2, 0.25) is 0 Å². The first kappa shape index (κ1) is 17.3. The average molecular weight is 353 g/mol. The molecule has 0 radical (unpaired) electrons. The molecule has 1 aromatic heterocycles. The quantitative estimate of drug-likeness (QED) is 0.817. The molecule has 26 heavy (non-hydrogen) atoms. The third kappa shape index (κ3) is 3.04. The van der Waals surface area contributed by atoms with Crippen LogP contribution >= 0.6 is 0 Å². The van der Waals surface area contributed by atoms with Crippen LogP contribution in [0.5, 0.6) is 0 Å². The van der Waals surface area contributed by atoms with Gasteiger partial charge in [-0.15, -0.1) is 0 Å². The van der Waals surface area contributed by atoms with E-state index in [1.54, 1.807) is 6.20 Å². The van der Waals surface area contributed by atoms with Crippen LogP contribution < -0.4 is 4.90 Å². The molecule has 3 fully saturated rings. The molecule has 3 aliphatic rings. The summed E-state index contributed by atoms with van der Waals surface area (Å²) in [6.45, 7) is 5.73. The van der Waals surface area contributed by atoms with Gasteiger partial charge in [0.25, 0.3) is 0 Å². The van der Waals surface area contributed by atoms with Gasteiger partial charge >= 0.3 is 0 Å². The van der Waals surface area contributed by atoms with Crippen molar-refractivity contribution in [2.75, 3.05) is 31.1 Å². The summed E-state index contributed by atoms with van der Waals surface area (Å²) in [7, 11) is 0. The normalized spacial score (nSPS) is 27.7. The lowest BCUT2D eigenvalue weighted by Crippen LogP contribution is -2.49. The van der Waals surface area contributed by atoms with Crippen molar-refractivity contribution in [3.05, 3.63) is 18.1 Å². The Labute approximate surface area is 155 Å². The molecule has 138 valence electrons. The molecule has 1 atom stereocenters. The highest BCUT2D eigenvalue weighted by atomic mass is 16.2. The van der Waals surface area contributed by atoms with Crippen LogP contribution in [0.1, 0.15) is 57.6 Å². The van der Waals surface area contributed by atoms with E-state index in [4.69, 9.17) is 5.26 Å². The highest BCUT2D eigenvalue weighted by molar-refractivity contribution is 5.83. The van der Waals surface area contributed by atoms with Crippen LogP contribution in [0.15, 0.2) is 12.4 Å². The lowest BCUT2D eigenvalue weighted by molar-refractivity contribution is -0.147. The predicted octanol–water partition coefficient (Wildman–Crippen LogP) is 2.75. The first-order valence-electron chi connectivity index (χ1n) is 9.80. The summed E-state index contributed by atoms with van der Waals surface area (Å²) < 4.78 is 0. The molecule has 1 aromatic rings. The molecule has 0 N–H and O–H groups in total. The zero-order valence-electron chi connectivity index (χ0n) is 15.6. The summed E-state index contributed by atoms with van der Waals surface area (Å²) in [5.41, 5.74) is 0.395. The topological polar surface area (TPSA) is 73.1 Å². The zero-order chi connectivity index (χ0) is 18.2. The standard InChI is InChI=1S/C20H27N5O/c1-19(5-4-6-19)18(26)25-9-3-2-7-20(15-25)8-10-24(14-20)17-13-22-12-16(11-21)23-17/h12-13H,2-10,14-15H2,1H3. The Balaban J connectivity index is 1.50. The maximum atomic E-state index is 13.1. The Bertz CT molecular complexity index is 738. The van der Waals surface area contributed by atoms with Gasteiger partial charge in [-0.1, -0.05) is 19.8 Å². The van der Waals surface area contributed by atoms with Crippen LogP contribution in [0.3, 0.4) is 0 Å². The van der Waals surface area contributed by atoms with Crippen molar-refractivity contribution in [3.8, 4) is 6.07 Å². The number of nitriles is 1. The van der Waals surface area contributed by atoms with Crippen molar-refractivity contribution in [3.63, 3.8) is 0 Å². The van der Waals surface area contributed by atoms with E-state index in [1.807, 2.05) is 0 Å². The molecule has 1 saturated carbocycles. The highest BCUT2D eigenvalue weighted by Gasteiger charge is 2.46. The number of hydrogen-bond acceptors (Lipinski definition) is 5. The fourth-order valence-electron chi connectivity index (χ4n) is 4.87. The van der Waals surface area contributed by atoms with E-state index in [2.05, 4.69) is 32.8 Å². The summed E-state index contributed by atoms with van der Waals surface area (Å²) in [6, 6.07) is 2.07. The number of nitrogens with zero attached hydrogens (tertiary/aromatic N) is 5. The number of hydrogen-bond donors (Lipinski definition) is 0. The molecule has 1 spiro atoms. The van der Waals surface area contributed by atoms with Gasteiger partial charge in [-0.25, -0.2) is 4.98 Å². The maximum absolute atomic E-state index is 13.1. The third-order valence-electron chi connectivity index (χ3n) is 6.67. The number of carbonyl (C=O) groups is 1. The zero-order valence-corrected chi connectivity index (χ0v) is 15.6. The van der Waals surface area contributed by atoms with Crippen LogP contribution in [0.25, 0.3) is 0 Å². The van der Waals surface area contributed by atoms with Gasteiger partial charge < -0.3 is 9.80 Å². The number of amides is 1. The van der Waals surface area contributed by atoms with Crippen LogP contribution in [-0.2, 0) is 4.79 Å². The highest BCUT2D eigenvalue weighted by Crippen LogP contribution is 2.45. The van der Waals surface area contributed by atoms with Crippen LogP contribution in [-0.4, -0.2) is 47.0 Å². The second kappa shape index (κ2) is 6.53. The van der Waals surface area contributed by atoms with Crippen molar-refractivity contribution in [2.24, 2.45) is 10.8 Å². The molecule has 2 saturated heterocycles. The minimum atomic E-state index is -0.115. The fourth-order valence-corrected chi connectivity index (χ4v) is 4.87. The molecule has 1 amide bonds. The van der Waals surface area contributed by atoms with Crippen molar-refractivity contribution >= 4 is 11.7 Å². The molecule has 1 unspecified atom stereocenters. The Morgan fingerprint density at radius 1 is 1.12 bits per heavy atom. The van der Waals surface area contributed by atoms with E-state index in [1.165, 1.54) is 19.0 Å². The van der Waals surface area contributed by atoms with E-state index in [0.29, 0.717) is 11.6 Å². The predicted molar refractivity (Wildman–Crippen MR) is 98.4 cm³/mol. The Morgan fingerprint density at radius 3 is 2.69 bits per heavy atom. The van der Waals surface area contributed by atoms with Gasteiger partial charge in [0.1, 0.15) is 11.9 Å². The summed E-state index contributed by atoms with van der Waals surface area (Å²) in [5, 5.41) is 9.07. The minimum absolute atomic E-state index is 0.115. The second-order valence-corrected chi connectivity index (χ2v) is 8.64. The van der Waals surface area contributed by atoms with E-state index >= 15 is 0 Å². The fraction of sp³-hybridized carbons (Fsp3) is 0.700. The summed E-state index contributed by atoms with van der Waals surface area (Å²) >= 11 is 0. The van der Waals surface area contributed by atoms with Gasteiger partial charge in [0.2, 0.25) is 5.91 Å². The molecule has 6 nitrogen and oxygen atoms in total. The summed E-state index contributed by atoms with van der Waals surface area (Å²) in [5.74, 6) is 1.16. The molecule has 1 aliphatic carbocycles. The first-order chi connectivity index (χ1) is 12.5. The lowest BCUT2D eigenvalue weighted by atomic mass is 9.69. The molecule has 6 heteroatoms. The number of aromatic nitrogens is 2. The summed E-state index contributed by atoms with van der Waals surface area (Å²) in [6.07, 6.45) is 11.0. The van der Waals surface area contributed by atoms with Gasteiger partial charge in [-0.3, -0.25) is 9.78 Å². The first-order valence-corrected chi connectivity index (χ1v) is 9.80. The molecule has 3 heterocycles. The van der Waals surface area contributed by atoms with Gasteiger partial charge in [-0.05, 0) is 32.1 Å². The average Bonchev–Trinajstić information content (AvgIpc) is 2.93. The Hall–Kier alpha value is -2.16. The number of likely N-dealkylation sites (tertiary alicyclic amines) is 1. The molecular formula is C20H27N5O. The van der Waals surface area contributed by atoms with Crippen molar-refractivity contribution < 1.29 is 4.79 Å². The molecule has 2 aliphatic heterocycles. The monoisotopic (exact) mass is 353 g/mol. The molecule has 4 rings (SSSR count). The Morgan fingerprint density at radius 2 is 1.96 bits per heavy atom. The van der Waals surface area contributed by atoms with Gasteiger partial charge in [-0.2, -0.15) is 5.26 Å².